The lowest BCUT2D eigenvalue weighted by Crippen LogP contribution is -2.40. The van der Waals surface area contributed by atoms with E-state index >= 15 is 0 Å². The van der Waals surface area contributed by atoms with E-state index in [4.69, 9.17) is 4.74 Å². The van der Waals surface area contributed by atoms with Crippen LogP contribution in [-0.2, 0) is 4.79 Å². The predicted octanol–water partition coefficient (Wildman–Crippen LogP) is 3.28. The number of benzene rings is 2. The first-order valence-electron chi connectivity index (χ1n) is 11.0. The average molecular weight is 483 g/mol. The Kier molecular flexibility index (Phi) is 6.12. The predicted molar refractivity (Wildman–Crippen MR) is 136 cm³/mol. The summed E-state index contributed by atoms with van der Waals surface area (Å²) in [7, 11) is 1.58. The Balaban J connectivity index is 1.69. The number of nitrogens with one attached hydrogen (secondary N) is 1. The number of hydrogen-bond donors (Lipinski definition) is 1. The maximum absolute atomic E-state index is 13.7. The van der Waals surface area contributed by atoms with Gasteiger partial charge in [0.25, 0.3) is 11.5 Å². The molecule has 7 nitrogen and oxygen atoms in total. The Hall–Kier alpha value is -4.30. The Morgan fingerprint density at radius 1 is 1.09 bits per heavy atom. The minimum atomic E-state index is -0.670. The Morgan fingerprint density at radius 2 is 1.89 bits per heavy atom. The molecular formula is C27H22N4O3S. The fourth-order valence-electron chi connectivity index (χ4n) is 4.05. The Labute approximate surface area is 205 Å². The standard InChI is InChI=1S/C27H22N4O3S/c1-17-23(25(32)30-19-10-4-3-5-11-19)24(18-9-8-13-21(15-18)34-2)31-26(33)22(35-27(31)29-17)16-20-12-6-7-14-28-20/h3-16,24H,1-2H3,(H,30,32)/t24-/m0/s1. The van der Waals surface area contributed by atoms with Gasteiger partial charge in [0.1, 0.15) is 5.75 Å². The number of thiazole rings is 1. The molecule has 1 N–H and O–H groups in total. The highest BCUT2D eigenvalue weighted by molar-refractivity contribution is 7.07. The van der Waals surface area contributed by atoms with E-state index in [1.807, 2.05) is 72.8 Å². The molecule has 1 aliphatic rings. The second-order valence-corrected chi connectivity index (χ2v) is 8.94. The first kappa shape index (κ1) is 22.5. The molecule has 0 aliphatic carbocycles. The summed E-state index contributed by atoms with van der Waals surface area (Å²) in [5, 5.41) is 2.95. The smallest absolute Gasteiger partial charge is 0.271 e. The van der Waals surface area contributed by atoms with E-state index in [1.54, 1.807) is 30.9 Å². The van der Waals surface area contributed by atoms with Crippen LogP contribution in [0.1, 0.15) is 24.2 Å². The van der Waals surface area contributed by atoms with Crippen molar-refractivity contribution in [1.82, 2.24) is 9.55 Å². The number of para-hydroxylation sites is 1. The summed E-state index contributed by atoms with van der Waals surface area (Å²) in [6.07, 6.45) is 3.42. The number of allylic oxidation sites excluding steroid dienone is 1. The number of carbonyl (C=O) groups excluding carboxylic acids is 1. The van der Waals surface area contributed by atoms with Crippen molar-refractivity contribution in [2.24, 2.45) is 4.99 Å². The van der Waals surface area contributed by atoms with Crippen molar-refractivity contribution in [1.29, 1.82) is 0 Å². The number of methoxy groups -OCH3 is 1. The van der Waals surface area contributed by atoms with Gasteiger partial charge in [-0.05, 0) is 55.0 Å². The highest BCUT2D eigenvalue weighted by atomic mass is 32.1. The number of rotatable bonds is 5. The molecule has 35 heavy (non-hydrogen) atoms. The van der Waals surface area contributed by atoms with E-state index in [2.05, 4.69) is 15.3 Å². The van der Waals surface area contributed by atoms with Gasteiger partial charge < -0.3 is 10.1 Å². The van der Waals surface area contributed by atoms with E-state index < -0.39 is 6.04 Å². The van der Waals surface area contributed by atoms with Crippen LogP contribution in [0, 0.1) is 0 Å². The summed E-state index contributed by atoms with van der Waals surface area (Å²) in [5.74, 6) is 0.319. The topological polar surface area (TPSA) is 85.6 Å². The van der Waals surface area contributed by atoms with Crippen LogP contribution in [0.5, 0.6) is 5.75 Å². The molecule has 2 aromatic carbocycles. The normalized spacial score (nSPS) is 15.4. The van der Waals surface area contributed by atoms with Crippen LogP contribution in [0.3, 0.4) is 0 Å². The monoisotopic (exact) mass is 482 g/mol. The quantitative estimate of drug-likeness (QED) is 0.473. The zero-order valence-corrected chi connectivity index (χ0v) is 20.0. The zero-order valence-electron chi connectivity index (χ0n) is 19.1. The number of fused-ring (bicyclic) bond motifs is 1. The molecule has 1 aliphatic heterocycles. The highest BCUT2D eigenvalue weighted by Crippen LogP contribution is 2.32. The van der Waals surface area contributed by atoms with Crippen LogP contribution in [0.25, 0.3) is 6.08 Å². The molecule has 8 heteroatoms. The third kappa shape index (κ3) is 4.43. The number of anilines is 1. The van der Waals surface area contributed by atoms with Crippen molar-refractivity contribution in [2.75, 3.05) is 12.4 Å². The second-order valence-electron chi connectivity index (χ2n) is 7.93. The zero-order chi connectivity index (χ0) is 24.4. The minimum Gasteiger partial charge on any atom is -0.497 e. The van der Waals surface area contributed by atoms with Gasteiger partial charge in [-0.3, -0.25) is 19.1 Å². The second kappa shape index (κ2) is 9.52. The van der Waals surface area contributed by atoms with Crippen LogP contribution >= 0.6 is 11.3 Å². The minimum absolute atomic E-state index is 0.232. The van der Waals surface area contributed by atoms with E-state index in [9.17, 15) is 9.59 Å². The summed E-state index contributed by atoms with van der Waals surface area (Å²) in [6.45, 7) is 1.79. The van der Waals surface area contributed by atoms with Gasteiger partial charge in [-0.25, -0.2) is 4.99 Å². The first-order valence-corrected chi connectivity index (χ1v) is 11.8. The van der Waals surface area contributed by atoms with Crippen molar-refractivity contribution in [3.05, 3.63) is 121 Å². The van der Waals surface area contributed by atoms with Crippen LogP contribution in [0.15, 0.2) is 100 Å². The number of aromatic nitrogens is 2. The number of ether oxygens (including phenoxy) is 1. The van der Waals surface area contributed by atoms with E-state index in [-0.39, 0.29) is 11.5 Å². The average Bonchev–Trinajstić information content (AvgIpc) is 3.18. The number of amides is 1. The molecule has 0 unspecified atom stereocenters. The molecule has 1 amide bonds. The molecule has 0 spiro atoms. The van der Waals surface area contributed by atoms with Crippen LogP contribution < -0.4 is 24.9 Å². The maximum atomic E-state index is 13.7. The lowest BCUT2D eigenvalue weighted by Gasteiger charge is -2.25. The lowest BCUT2D eigenvalue weighted by molar-refractivity contribution is -0.113. The molecule has 0 saturated heterocycles. The number of hydrogen-bond acceptors (Lipinski definition) is 6. The van der Waals surface area contributed by atoms with Gasteiger partial charge >= 0.3 is 0 Å². The molecule has 5 rings (SSSR count). The van der Waals surface area contributed by atoms with Crippen molar-refractivity contribution in [3.8, 4) is 5.75 Å². The lowest BCUT2D eigenvalue weighted by atomic mass is 9.95. The summed E-state index contributed by atoms with van der Waals surface area (Å²) < 4.78 is 7.50. The molecule has 0 bridgehead atoms. The summed E-state index contributed by atoms with van der Waals surface area (Å²) in [4.78, 5) is 36.7. The van der Waals surface area contributed by atoms with Crippen molar-refractivity contribution >= 4 is 29.0 Å². The van der Waals surface area contributed by atoms with Crippen LogP contribution in [0.4, 0.5) is 5.69 Å². The van der Waals surface area contributed by atoms with E-state index in [1.165, 1.54) is 11.3 Å². The molecule has 2 aromatic heterocycles. The molecule has 0 saturated carbocycles. The van der Waals surface area contributed by atoms with Gasteiger partial charge in [0.15, 0.2) is 4.80 Å². The fraction of sp³-hybridized carbons (Fsp3) is 0.111. The Morgan fingerprint density at radius 3 is 2.63 bits per heavy atom. The van der Waals surface area contributed by atoms with Crippen LogP contribution in [0.2, 0.25) is 0 Å². The highest BCUT2D eigenvalue weighted by Gasteiger charge is 2.32. The molecule has 1 atom stereocenters. The molecule has 4 aromatic rings. The van der Waals surface area contributed by atoms with Gasteiger partial charge in [-0.2, -0.15) is 0 Å². The number of nitrogens with zero attached hydrogens (tertiary/aromatic N) is 3. The SMILES string of the molecule is COc1cccc([C@H]2C(C(=O)Nc3ccccc3)=C(C)N=c3sc(=Cc4ccccn4)c(=O)n32)c1. The summed E-state index contributed by atoms with van der Waals surface area (Å²) >= 11 is 1.28. The first-order chi connectivity index (χ1) is 17.0. The van der Waals surface area contributed by atoms with Crippen molar-refractivity contribution in [2.45, 2.75) is 13.0 Å². The van der Waals surface area contributed by atoms with Gasteiger partial charge in [-0.1, -0.05) is 47.7 Å². The fourth-order valence-corrected chi connectivity index (χ4v) is 5.09. The van der Waals surface area contributed by atoms with E-state index in [0.29, 0.717) is 37.7 Å². The van der Waals surface area contributed by atoms with Gasteiger partial charge in [0.2, 0.25) is 0 Å². The largest absolute Gasteiger partial charge is 0.497 e. The summed E-state index contributed by atoms with van der Waals surface area (Å²) in [6, 6.07) is 21.5. The third-order valence-corrected chi connectivity index (χ3v) is 6.66. The number of carbonyl (C=O) groups is 1. The third-order valence-electron chi connectivity index (χ3n) is 5.67. The summed E-state index contributed by atoms with van der Waals surface area (Å²) in [5.41, 5.74) is 2.81. The molecule has 174 valence electrons. The van der Waals surface area contributed by atoms with Gasteiger partial charge in [0.05, 0.1) is 34.6 Å². The van der Waals surface area contributed by atoms with Gasteiger partial charge in [0, 0.05) is 11.9 Å². The molecule has 3 heterocycles. The van der Waals surface area contributed by atoms with Crippen molar-refractivity contribution < 1.29 is 9.53 Å². The molecular weight excluding hydrogens is 460 g/mol. The maximum Gasteiger partial charge on any atom is 0.271 e. The molecule has 0 fully saturated rings. The number of pyridine rings is 1. The van der Waals surface area contributed by atoms with Crippen molar-refractivity contribution in [3.63, 3.8) is 0 Å². The molecule has 0 radical (unpaired) electrons. The van der Waals surface area contributed by atoms with Gasteiger partial charge in [-0.15, -0.1) is 0 Å². The van der Waals surface area contributed by atoms with Crippen LogP contribution in [-0.4, -0.2) is 22.6 Å². The van der Waals surface area contributed by atoms with E-state index in [0.717, 1.165) is 5.56 Å². The Bertz CT molecular complexity index is 1610.